The number of aromatic nitrogens is 4. The van der Waals surface area contributed by atoms with Gasteiger partial charge in [-0.3, -0.25) is 9.36 Å². The third kappa shape index (κ3) is 2.79. The van der Waals surface area contributed by atoms with Gasteiger partial charge in [-0.05, 0) is 24.3 Å². The van der Waals surface area contributed by atoms with Crippen LogP contribution in [0.3, 0.4) is 0 Å². The molecule has 1 saturated heterocycles. The summed E-state index contributed by atoms with van der Waals surface area (Å²) in [6.45, 7) is -0.465. The summed E-state index contributed by atoms with van der Waals surface area (Å²) >= 11 is 0. The fourth-order valence-corrected chi connectivity index (χ4v) is 3.20. The van der Waals surface area contributed by atoms with Crippen LogP contribution in [0, 0.1) is 0 Å². The van der Waals surface area contributed by atoms with Crippen LogP contribution in [0.15, 0.2) is 35.4 Å². The predicted octanol–water partition coefficient (Wildman–Crippen LogP) is -0.593. The fourth-order valence-electron chi connectivity index (χ4n) is 3.20. The van der Waals surface area contributed by atoms with Crippen LogP contribution in [0.2, 0.25) is 0 Å². The standard InChI is InChI=1S/C17H18N4O6/c1-26-9-4-2-8(3-5-9)14-20-11-15(18-7-19-16(11)25)21(14)17-13(24)12(23)10(6-22)27-17/h2-5,7,10,12-13,17,22-24H,6H2,1H3,(H,18,19,25)/t10-,12-,13-,17-/m1/s1. The molecule has 0 amide bonds. The Morgan fingerprint density at radius 3 is 2.63 bits per heavy atom. The van der Waals surface area contributed by atoms with Crippen LogP contribution in [-0.4, -0.2) is 66.9 Å². The van der Waals surface area contributed by atoms with Crippen LogP contribution < -0.4 is 10.3 Å². The van der Waals surface area contributed by atoms with E-state index < -0.39 is 36.7 Å². The monoisotopic (exact) mass is 374 g/mol. The number of aromatic amines is 1. The van der Waals surface area contributed by atoms with Crippen LogP contribution in [0.4, 0.5) is 0 Å². The molecule has 0 saturated carbocycles. The number of nitrogens with zero attached hydrogens (tertiary/aromatic N) is 3. The van der Waals surface area contributed by atoms with Crippen molar-refractivity contribution < 1.29 is 24.8 Å². The minimum absolute atomic E-state index is 0.0704. The Morgan fingerprint density at radius 1 is 1.26 bits per heavy atom. The number of ether oxygens (including phenoxy) is 2. The third-order valence-corrected chi connectivity index (χ3v) is 4.60. The highest BCUT2D eigenvalue weighted by atomic mass is 16.6. The molecule has 3 heterocycles. The van der Waals surface area contributed by atoms with Gasteiger partial charge >= 0.3 is 0 Å². The van der Waals surface area contributed by atoms with E-state index in [0.717, 1.165) is 0 Å². The molecule has 1 aliphatic rings. The second kappa shape index (κ2) is 6.74. The van der Waals surface area contributed by atoms with Crippen molar-refractivity contribution in [2.45, 2.75) is 24.5 Å². The number of imidazole rings is 1. The van der Waals surface area contributed by atoms with E-state index in [-0.39, 0.29) is 11.2 Å². The average molecular weight is 374 g/mol. The Kier molecular flexibility index (Phi) is 4.40. The molecule has 0 aliphatic carbocycles. The van der Waals surface area contributed by atoms with E-state index >= 15 is 0 Å². The first-order valence-corrected chi connectivity index (χ1v) is 8.27. The number of methoxy groups -OCH3 is 1. The van der Waals surface area contributed by atoms with Gasteiger partial charge in [0.15, 0.2) is 17.4 Å². The first kappa shape index (κ1) is 17.6. The lowest BCUT2D eigenvalue weighted by Crippen LogP contribution is -2.33. The van der Waals surface area contributed by atoms with Crippen molar-refractivity contribution in [2.24, 2.45) is 0 Å². The highest BCUT2D eigenvalue weighted by molar-refractivity contribution is 5.76. The van der Waals surface area contributed by atoms with Crippen molar-refractivity contribution in [3.8, 4) is 17.1 Å². The number of aliphatic hydroxyl groups is 3. The molecule has 0 radical (unpaired) electrons. The van der Waals surface area contributed by atoms with Crippen LogP contribution >= 0.6 is 0 Å². The lowest BCUT2D eigenvalue weighted by Gasteiger charge is -2.19. The predicted molar refractivity (Wildman–Crippen MR) is 93.1 cm³/mol. The number of fused-ring (bicyclic) bond motifs is 1. The van der Waals surface area contributed by atoms with E-state index in [0.29, 0.717) is 17.1 Å². The van der Waals surface area contributed by atoms with E-state index in [4.69, 9.17) is 9.47 Å². The smallest absolute Gasteiger partial charge is 0.278 e. The normalized spacial score (nSPS) is 25.2. The maximum Gasteiger partial charge on any atom is 0.278 e. The van der Waals surface area contributed by atoms with E-state index in [1.54, 1.807) is 31.4 Å². The quantitative estimate of drug-likeness (QED) is 0.474. The Labute approximate surface area is 152 Å². The van der Waals surface area contributed by atoms with Gasteiger partial charge < -0.3 is 29.8 Å². The molecular formula is C17H18N4O6. The molecule has 10 nitrogen and oxygen atoms in total. The van der Waals surface area contributed by atoms with Crippen molar-refractivity contribution in [1.82, 2.24) is 19.5 Å². The summed E-state index contributed by atoms with van der Waals surface area (Å²) in [5, 5.41) is 29.9. The molecule has 27 heavy (non-hydrogen) atoms. The number of nitrogens with one attached hydrogen (secondary N) is 1. The maximum absolute atomic E-state index is 12.2. The van der Waals surface area contributed by atoms with Crippen LogP contribution in [0.25, 0.3) is 22.6 Å². The zero-order valence-electron chi connectivity index (χ0n) is 14.3. The molecule has 1 aromatic carbocycles. The van der Waals surface area contributed by atoms with Gasteiger partial charge in [-0.2, -0.15) is 0 Å². The highest BCUT2D eigenvalue weighted by Gasteiger charge is 2.45. The zero-order chi connectivity index (χ0) is 19.1. The Balaban J connectivity index is 1.92. The van der Waals surface area contributed by atoms with Crippen molar-refractivity contribution in [1.29, 1.82) is 0 Å². The van der Waals surface area contributed by atoms with Crippen molar-refractivity contribution >= 4 is 11.2 Å². The van der Waals surface area contributed by atoms with Gasteiger partial charge in [-0.15, -0.1) is 0 Å². The lowest BCUT2D eigenvalue weighted by atomic mass is 10.1. The zero-order valence-corrected chi connectivity index (χ0v) is 14.3. The molecule has 2 aromatic heterocycles. The summed E-state index contributed by atoms with van der Waals surface area (Å²) in [7, 11) is 1.55. The third-order valence-electron chi connectivity index (χ3n) is 4.60. The van der Waals surface area contributed by atoms with E-state index in [9.17, 15) is 20.1 Å². The second-order valence-corrected chi connectivity index (χ2v) is 6.17. The number of H-pyrrole nitrogens is 1. The minimum Gasteiger partial charge on any atom is -0.497 e. The lowest BCUT2D eigenvalue weighted by molar-refractivity contribution is -0.0503. The molecule has 142 valence electrons. The molecule has 1 aliphatic heterocycles. The number of hydrogen-bond acceptors (Lipinski definition) is 8. The molecule has 1 fully saturated rings. The van der Waals surface area contributed by atoms with Gasteiger partial charge in [-0.1, -0.05) is 0 Å². The number of rotatable bonds is 4. The van der Waals surface area contributed by atoms with E-state index in [2.05, 4.69) is 15.0 Å². The van der Waals surface area contributed by atoms with Crippen LogP contribution in [0.1, 0.15) is 6.23 Å². The van der Waals surface area contributed by atoms with Crippen molar-refractivity contribution in [3.05, 3.63) is 40.9 Å². The highest BCUT2D eigenvalue weighted by Crippen LogP contribution is 2.35. The van der Waals surface area contributed by atoms with Gasteiger partial charge in [0.2, 0.25) is 0 Å². The molecular weight excluding hydrogens is 356 g/mol. The van der Waals surface area contributed by atoms with Crippen molar-refractivity contribution in [3.63, 3.8) is 0 Å². The summed E-state index contributed by atoms with van der Waals surface area (Å²) in [6, 6.07) is 6.94. The Morgan fingerprint density at radius 2 is 2.00 bits per heavy atom. The Hall–Kier alpha value is -2.79. The minimum atomic E-state index is -1.34. The molecule has 4 rings (SSSR count). The van der Waals surface area contributed by atoms with E-state index in [1.807, 2.05) is 0 Å². The fraction of sp³-hybridized carbons (Fsp3) is 0.353. The molecule has 3 aromatic rings. The largest absolute Gasteiger partial charge is 0.497 e. The molecule has 0 spiro atoms. The summed E-state index contributed by atoms with van der Waals surface area (Å²) in [6.07, 6.45) is -3.44. The van der Waals surface area contributed by atoms with Gasteiger partial charge in [0, 0.05) is 5.56 Å². The second-order valence-electron chi connectivity index (χ2n) is 6.17. The first-order valence-electron chi connectivity index (χ1n) is 8.27. The van der Waals surface area contributed by atoms with E-state index in [1.165, 1.54) is 10.9 Å². The number of aliphatic hydroxyl groups excluding tert-OH is 3. The summed E-state index contributed by atoms with van der Waals surface area (Å²) < 4.78 is 12.2. The molecule has 4 atom stereocenters. The maximum atomic E-state index is 12.2. The first-order chi connectivity index (χ1) is 13.0. The van der Waals surface area contributed by atoms with Crippen molar-refractivity contribution in [2.75, 3.05) is 13.7 Å². The van der Waals surface area contributed by atoms with Gasteiger partial charge in [-0.25, -0.2) is 9.97 Å². The van der Waals surface area contributed by atoms with Gasteiger partial charge in [0.05, 0.1) is 20.0 Å². The molecule has 4 N–H and O–H groups in total. The number of hydrogen-bond donors (Lipinski definition) is 4. The van der Waals surface area contributed by atoms with Crippen LogP contribution in [-0.2, 0) is 4.74 Å². The van der Waals surface area contributed by atoms with Gasteiger partial charge in [0.25, 0.3) is 5.56 Å². The summed E-state index contributed by atoms with van der Waals surface area (Å²) in [5.41, 5.74) is 0.451. The van der Waals surface area contributed by atoms with Crippen LogP contribution in [0.5, 0.6) is 5.75 Å². The molecule has 0 bridgehead atoms. The Bertz CT molecular complexity index is 1010. The average Bonchev–Trinajstić information content (AvgIpc) is 3.21. The topological polar surface area (TPSA) is 143 Å². The molecule has 0 unspecified atom stereocenters. The summed E-state index contributed by atoms with van der Waals surface area (Å²) in [4.78, 5) is 23.2. The SMILES string of the molecule is COc1ccc(-c2nc3c(=O)[nH]cnc3n2[C@@H]2O[C@H](CO)[C@@H](O)[C@H]2O)cc1. The number of benzene rings is 1. The van der Waals surface area contributed by atoms with Gasteiger partial charge in [0.1, 0.15) is 29.9 Å². The molecule has 10 heteroatoms. The summed E-state index contributed by atoms with van der Waals surface area (Å²) in [5.74, 6) is 0.969.